The number of nitrogens with zero attached hydrogens (tertiary/aromatic N) is 1. The van der Waals surface area contributed by atoms with E-state index in [9.17, 15) is 4.79 Å². The van der Waals surface area contributed by atoms with Crippen LogP contribution in [0.4, 0.5) is 0 Å². The van der Waals surface area contributed by atoms with E-state index in [1.54, 1.807) is 11.3 Å². The Kier molecular flexibility index (Phi) is 4.81. The minimum Gasteiger partial charge on any atom is -0.337 e. The van der Waals surface area contributed by atoms with E-state index in [1.807, 2.05) is 4.90 Å². The molecule has 1 aromatic rings. The zero-order chi connectivity index (χ0) is 13.8. The molecule has 1 aliphatic heterocycles. The molecule has 1 saturated heterocycles. The molecule has 2 nitrogen and oxygen atoms in total. The van der Waals surface area contributed by atoms with Crippen molar-refractivity contribution in [2.24, 2.45) is 0 Å². The number of hydrogen-bond donors (Lipinski definition) is 0. The van der Waals surface area contributed by atoms with Crippen molar-refractivity contribution >= 4 is 17.2 Å². The molecule has 0 saturated carbocycles. The fraction of sp³-hybridized carbons (Fsp3) is 0.562. The Hall–Kier alpha value is -1.09. The third-order valence-electron chi connectivity index (χ3n) is 3.72. The molecular weight excluding hydrogens is 254 g/mol. The summed E-state index contributed by atoms with van der Waals surface area (Å²) in [7, 11) is 0. The number of aryl methyl sites for hydroxylation is 2. The topological polar surface area (TPSA) is 20.3 Å². The first-order valence-electron chi connectivity index (χ1n) is 7.23. The van der Waals surface area contributed by atoms with E-state index >= 15 is 0 Å². The normalized spacial score (nSPS) is 15.9. The SMILES string of the molecule is C=C1CCN(C(=O)c2cc(CC)c(CCC)s2)CC1. The minimum atomic E-state index is 0.217. The van der Waals surface area contributed by atoms with Crippen LogP contribution >= 0.6 is 11.3 Å². The van der Waals surface area contributed by atoms with Crippen LogP contribution in [0.15, 0.2) is 18.2 Å². The van der Waals surface area contributed by atoms with E-state index in [4.69, 9.17) is 0 Å². The van der Waals surface area contributed by atoms with Gasteiger partial charge in [0.05, 0.1) is 4.88 Å². The number of amides is 1. The Labute approximate surface area is 120 Å². The summed E-state index contributed by atoms with van der Waals surface area (Å²) < 4.78 is 0. The molecule has 19 heavy (non-hydrogen) atoms. The first-order chi connectivity index (χ1) is 9.15. The number of thiophene rings is 1. The highest BCUT2D eigenvalue weighted by Crippen LogP contribution is 2.27. The lowest BCUT2D eigenvalue weighted by Crippen LogP contribution is -2.35. The molecule has 0 bridgehead atoms. The summed E-state index contributed by atoms with van der Waals surface area (Å²) in [6, 6.07) is 2.11. The summed E-state index contributed by atoms with van der Waals surface area (Å²) in [5, 5.41) is 0. The van der Waals surface area contributed by atoms with Gasteiger partial charge in [-0.3, -0.25) is 4.79 Å². The lowest BCUT2D eigenvalue weighted by molar-refractivity contribution is 0.0748. The molecule has 0 atom stereocenters. The van der Waals surface area contributed by atoms with Gasteiger partial charge in [-0.2, -0.15) is 0 Å². The van der Waals surface area contributed by atoms with Gasteiger partial charge in [0.2, 0.25) is 0 Å². The standard InChI is InChI=1S/C16H23NOS/c1-4-6-14-13(5-2)11-15(19-14)16(18)17-9-7-12(3)8-10-17/h11H,3-10H2,1-2H3. The average Bonchev–Trinajstić information content (AvgIpc) is 2.82. The molecule has 2 heterocycles. The summed E-state index contributed by atoms with van der Waals surface area (Å²) in [5.41, 5.74) is 2.63. The Morgan fingerprint density at radius 1 is 1.37 bits per heavy atom. The zero-order valence-electron chi connectivity index (χ0n) is 12.0. The fourth-order valence-electron chi connectivity index (χ4n) is 2.49. The van der Waals surface area contributed by atoms with Gasteiger partial charge in [-0.25, -0.2) is 0 Å². The molecule has 0 N–H and O–H groups in total. The number of rotatable bonds is 4. The maximum atomic E-state index is 12.5. The largest absolute Gasteiger partial charge is 0.337 e. The van der Waals surface area contributed by atoms with Crippen LogP contribution in [0.25, 0.3) is 0 Å². The van der Waals surface area contributed by atoms with Crippen LogP contribution in [0.5, 0.6) is 0 Å². The van der Waals surface area contributed by atoms with Crippen molar-refractivity contribution in [1.29, 1.82) is 0 Å². The van der Waals surface area contributed by atoms with Crippen LogP contribution in [0.2, 0.25) is 0 Å². The fourth-order valence-corrected chi connectivity index (χ4v) is 3.82. The van der Waals surface area contributed by atoms with E-state index in [0.29, 0.717) is 0 Å². The van der Waals surface area contributed by atoms with Crippen LogP contribution < -0.4 is 0 Å². The molecule has 1 amide bonds. The van der Waals surface area contributed by atoms with E-state index in [0.717, 1.165) is 50.1 Å². The molecule has 0 unspecified atom stereocenters. The van der Waals surface area contributed by atoms with Crippen LogP contribution in [-0.4, -0.2) is 23.9 Å². The number of hydrogen-bond acceptors (Lipinski definition) is 2. The summed E-state index contributed by atoms with van der Waals surface area (Å²) in [6.07, 6.45) is 5.18. The molecule has 1 aliphatic rings. The second kappa shape index (κ2) is 6.38. The molecule has 2 rings (SSSR count). The van der Waals surface area contributed by atoms with E-state index in [-0.39, 0.29) is 5.91 Å². The molecule has 0 spiro atoms. The quantitative estimate of drug-likeness (QED) is 0.760. The predicted octanol–water partition coefficient (Wildman–Crippen LogP) is 4.06. The highest BCUT2D eigenvalue weighted by Gasteiger charge is 2.22. The van der Waals surface area contributed by atoms with Gasteiger partial charge in [0.25, 0.3) is 5.91 Å². The third kappa shape index (κ3) is 3.27. The Balaban J connectivity index is 2.12. The second-order valence-electron chi connectivity index (χ2n) is 5.20. The van der Waals surface area contributed by atoms with Crippen molar-refractivity contribution in [3.05, 3.63) is 33.5 Å². The van der Waals surface area contributed by atoms with Crippen molar-refractivity contribution in [3.63, 3.8) is 0 Å². The maximum absolute atomic E-state index is 12.5. The van der Waals surface area contributed by atoms with Gasteiger partial charge in [0.1, 0.15) is 0 Å². The first kappa shape index (κ1) is 14.3. The van der Waals surface area contributed by atoms with Crippen LogP contribution in [0, 0.1) is 0 Å². The number of piperidine rings is 1. The summed E-state index contributed by atoms with van der Waals surface area (Å²) in [6.45, 7) is 10.0. The van der Waals surface area contributed by atoms with Gasteiger partial charge in [-0.05, 0) is 37.3 Å². The van der Waals surface area contributed by atoms with E-state index < -0.39 is 0 Å². The highest BCUT2D eigenvalue weighted by molar-refractivity contribution is 7.14. The number of carbonyl (C=O) groups excluding carboxylic acids is 1. The smallest absolute Gasteiger partial charge is 0.263 e. The summed E-state index contributed by atoms with van der Waals surface area (Å²) in [4.78, 5) is 16.8. The Bertz CT molecular complexity index is 465. The molecule has 1 aromatic heterocycles. The maximum Gasteiger partial charge on any atom is 0.263 e. The van der Waals surface area contributed by atoms with Crippen LogP contribution in [0.1, 0.15) is 53.2 Å². The van der Waals surface area contributed by atoms with Gasteiger partial charge >= 0.3 is 0 Å². The highest BCUT2D eigenvalue weighted by atomic mass is 32.1. The van der Waals surface area contributed by atoms with E-state index in [1.165, 1.54) is 16.0 Å². The summed E-state index contributed by atoms with van der Waals surface area (Å²) in [5.74, 6) is 0.217. The minimum absolute atomic E-state index is 0.217. The Morgan fingerprint density at radius 3 is 2.63 bits per heavy atom. The van der Waals surface area contributed by atoms with Gasteiger partial charge in [-0.15, -0.1) is 11.3 Å². The summed E-state index contributed by atoms with van der Waals surface area (Å²) >= 11 is 1.70. The van der Waals surface area contributed by atoms with Crippen molar-refractivity contribution in [2.75, 3.05) is 13.1 Å². The predicted molar refractivity (Wildman–Crippen MR) is 82.0 cm³/mol. The van der Waals surface area contributed by atoms with Crippen molar-refractivity contribution in [2.45, 2.75) is 46.0 Å². The third-order valence-corrected chi connectivity index (χ3v) is 4.95. The van der Waals surface area contributed by atoms with E-state index in [2.05, 4.69) is 26.5 Å². The monoisotopic (exact) mass is 277 g/mol. The molecule has 3 heteroatoms. The zero-order valence-corrected chi connectivity index (χ0v) is 12.8. The van der Waals surface area contributed by atoms with Crippen LogP contribution in [0.3, 0.4) is 0 Å². The van der Waals surface area contributed by atoms with Gasteiger partial charge in [0.15, 0.2) is 0 Å². The molecule has 0 aliphatic carbocycles. The lowest BCUT2D eigenvalue weighted by Gasteiger charge is -2.27. The van der Waals surface area contributed by atoms with Crippen molar-refractivity contribution in [1.82, 2.24) is 4.90 Å². The Morgan fingerprint density at radius 2 is 2.05 bits per heavy atom. The van der Waals surface area contributed by atoms with Gasteiger partial charge < -0.3 is 4.90 Å². The average molecular weight is 277 g/mol. The van der Waals surface area contributed by atoms with Gasteiger partial charge in [-0.1, -0.05) is 32.4 Å². The van der Waals surface area contributed by atoms with Crippen LogP contribution in [-0.2, 0) is 12.8 Å². The van der Waals surface area contributed by atoms with Crippen molar-refractivity contribution < 1.29 is 4.79 Å². The van der Waals surface area contributed by atoms with Gasteiger partial charge in [0, 0.05) is 18.0 Å². The first-order valence-corrected chi connectivity index (χ1v) is 8.04. The lowest BCUT2D eigenvalue weighted by atomic mass is 10.1. The molecular formula is C16H23NOS. The molecule has 0 radical (unpaired) electrons. The number of carbonyl (C=O) groups is 1. The second-order valence-corrected chi connectivity index (χ2v) is 6.34. The molecule has 104 valence electrons. The van der Waals surface area contributed by atoms with Crippen molar-refractivity contribution in [3.8, 4) is 0 Å². The molecule has 1 fully saturated rings. The molecule has 0 aromatic carbocycles. The number of likely N-dealkylation sites (tertiary alicyclic amines) is 1.